The number of halogens is 2. The zero-order valence-corrected chi connectivity index (χ0v) is 11.1. The number of benzene rings is 1. The van der Waals surface area contributed by atoms with Crippen molar-refractivity contribution in [2.24, 2.45) is 0 Å². The second-order valence-electron chi connectivity index (χ2n) is 3.65. The zero-order chi connectivity index (χ0) is 14.2. The monoisotopic (exact) mass is 306 g/mol. The highest BCUT2D eigenvalue weighted by molar-refractivity contribution is 6.42. The van der Waals surface area contributed by atoms with Crippen molar-refractivity contribution in [1.29, 1.82) is 0 Å². The van der Waals surface area contributed by atoms with Crippen LogP contribution in [-0.4, -0.2) is 36.4 Å². The Morgan fingerprint density at radius 3 is 2.05 bits per heavy atom. The van der Waals surface area contributed by atoms with E-state index >= 15 is 0 Å². The maximum absolute atomic E-state index is 11.5. The smallest absolute Gasteiger partial charge is 0.351 e. The van der Waals surface area contributed by atoms with E-state index in [-0.39, 0.29) is 21.5 Å². The molecular weight excluding hydrogens is 299 g/mol. The van der Waals surface area contributed by atoms with E-state index < -0.39 is 24.1 Å². The third kappa shape index (κ3) is 2.54. The minimum absolute atomic E-state index is 0.0990. The topological polar surface area (TPSA) is 82.1 Å². The van der Waals surface area contributed by atoms with Crippen LogP contribution in [0.5, 0.6) is 11.5 Å². The van der Waals surface area contributed by atoms with Crippen LogP contribution in [0.2, 0.25) is 10.0 Å². The first kappa shape index (κ1) is 13.8. The summed E-state index contributed by atoms with van der Waals surface area (Å²) in [6, 6.07) is 2.66. The van der Waals surface area contributed by atoms with Gasteiger partial charge < -0.3 is 19.3 Å². The molecule has 6 nitrogen and oxygen atoms in total. The molecule has 2 rings (SSSR count). The Labute approximate surface area is 117 Å². The highest BCUT2D eigenvalue weighted by atomic mass is 35.5. The summed E-state index contributed by atoms with van der Waals surface area (Å²) in [6.45, 7) is 0. The molecule has 102 valence electrons. The van der Waals surface area contributed by atoms with Gasteiger partial charge in [-0.05, 0) is 0 Å². The summed E-state index contributed by atoms with van der Waals surface area (Å²) in [5.41, 5.74) is 0. The molecule has 19 heavy (non-hydrogen) atoms. The lowest BCUT2D eigenvalue weighted by Gasteiger charge is -2.30. The molecule has 0 amide bonds. The van der Waals surface area contributed by atoms with Gasteiger partial charge in [0, 0.05) is 12.1 Å². The molecular formula is C11H8Cl2O6. The fourth-order valence-corrected chi connectivity index (χ4v) is 1.87. The highest BCUT2D eigenvalue weighted by Crippen LogP contribution is 2.40. The van der Waals surface area contributed by atoms with Gasteiger partial charge in [-0.1, -0.05) is 23.2 Å². The molecule has 1 aromatic carbocycles. The zero-order valence-electron chi connectivity index (χ0n) is 9.55. The van der Waals surface area contributed by atoms with Crippen LogP contribution in [0, 0.1) is 0 Å². The number of carboxylic acids is 1. The summed E-state index contributed by atoms with van der Waals surface area (Å²) in [7, 11) is 1.12. The number of carbonyl (C=O) groups excluding carboxylic acids is 1. The second-order valence-corrected chi connectivity index (χ2v) is 4.47. The largest absolute Gasteiger partial charge is 0.478 e. The molecule has 1 aliphatic heterocycles. The number of aliphatic carboxylic acids is 1. The molecule has 0 radical (unpaired) electrons. The number of fused-ring (bicyclic) bond motifs is 1. The van der Waals surface area contributed by atoms with E-state index in [1.54, 1.807) is 0 Å². The average Bonchev–Trinajstić information content (AvgIpc) is 2.37. The molecule has 0 fully saturated rings. The Hall–Kier alpha value is -1.66. The van der Waals surface area contributed by atoms with Gasteiger partial charge in [-0.25, -0.2) is 9.59 Å². The lowest BCUT2D eigenvalue weighted by molar-refractivity contribution is -0.166. The van der Waals surface area contributed by atoms with Gasteiger partial charge in [-0.15, -0.1) is 0 Å². The molecule has 1 aliphatic rings. The van der Waals surface area contributed by atoms with Crippen molar-refractivity contribution in [3.8, 4) is 11.5 Å². The first-order chi connectivity index (χ1) is 8.93. The van der Waals surface area contributed by atoms with Gasteiger partial charge in [0.05, 0.1) is 17.2 Å². The summed E-state index contributed by atoms with van der Waals surface area (Å²) >= 11 is 11.6. The summed E-state index contributed by atoms with van der Waals surface area (Å²) < 4.78 is 14.9. The molecule has 2 unspecified atom stereocenters. The van der Waals surface area contributed by atoms with Gasteiger partial charge in [0.15, 0.2) is 11.5 Å². The third-order valence-electron chi connectivity index (χ3n) is 2.45. The quantitative estimate of drug-likeness (QED) is 0.838. The summed E-state index contributed by atoms with van der Waals surface area (Å²) in [5.74, 6) is -1.99. The molecule has 0 saturated heterocycles. The Balaban J connectivity index is 2.42. The van der Waals surface area contributed by atoms with Crippen molar-refractivity contribution in [1.82, 2.24) is 0 Å². The van der Waals surface area contributed by atoms with E-state index in [9.17, 15) is 9.59 Å². The molecule has 2 atom stereocenters. The number of esters is 1. The van der Waals surface area contributed by atoms with Crippen LogP contribution in [0.25, 0.3) is 0 Å². The van der Waals surface area contributed by atoms with Gasteiger partial charge in [0.25, 0.3) is 0 Å². The molecule has 0 aliphatic carbocycles. The molecule has 8 heteroatoms. The van der Waals surface area contributed by atoms with E-state index in [0.29, 0.717) is 0 Å². The number of methoxy groups -OCH3 is 1. The molecule has 0 aromatic heterocycles. The van der Waals surface area contributed by atoms with Crippen molar-refractivity contribution < 1.29 is 28.9 Å². The minimum atomic E-state index is -1.52. The fraction of sp³-hybridized carbons (Fsp3) is 0.273. The van der Waals surface area contributed by atoms with Gasteiger partial charge in [-0.2, -0.15) is 0 Å². The third-order valence-corrected chi connectivity index (χ3v) is 3.17. The summed E-state index contributed by atoms with van der Waals surface area (Å²) in [4.78, 5) is 22.6. The van der Waals surface area contributed by atoms with Crippen molar-refractivity contribution in [2.75, 3.05) is 7.11 Å². The minimum Gasteiger partial charge on any atom is -0.478 e. The number of hydrogen-bond donors (Lipinski definition) is 1. The van der Waals surface area contributed by atoms with Gasteiger partial charge in [0.1, 0.15) is 0 Å². The van der Waals surface area contributed by atoms with Gasteiger partial charge in [-0.3, -0.25) is 0 Å². The number of rotatable bonds is 2. The highest BCUT2D eigenvalue weighted by Gasteiger charge is 2.43. The van der Waals surface area contributed by atoms with Crippen LogP contribution in [0.1, 0.15) is 0 Å². The van der Waals surface area contributed by atoms with Crippen LogP contribution in [0.15, 0.2) is 12.1 Å². The van der Waals surface area contributed by atoms with Crippen LogP contribution >= 0.6 is 23.2 Å². The van der Waals surface area contributed by atoms with Crippen LogP contribution < -0.4 is 9.47 Å². The first-order valence-corrected chi connectivity index (χ1v) is 5.82. The van der Waals surface area contributed by atoms with E-state index in [2.05, 4.69) is 4.74 Å². The summed E-state index contributed by atoms with van der Waals surface area (Å²) in [6.07, 6.45) is -2.93. The summed E-state index contributed by atoms with van der Waals surface area (Å²) in [5, 5.41) is 9.41. The Bertz CT molecular complexity index is 544. The van der Waals surface area contributed by atoms with Crippen molar-refractivity contribution in [2.45, 2.75) is 12.2 Å². The Morgan fingerprint density at radius 1 is 1.16 bits per heavy atom. The number of ether oxygens (including phenoxy) is 3. The van der Waals surface area contributed by atoms with Crippen molar-refractivity contribution in [3.63, 3.8) is 0 Å². The number of carboxylic acid groups (broad SMARTS) is 1. The number of carbonyl (C=O) groups is 2. The first-order valence-electron chi connectivity index (χ1n) is 5.07. The molecule has 1 N–H and O–H groups in total. The standard InChI is InChI=1S/C11H8Cl2O6/c1-17-11(16)9-8(10(14)15)18-6-2-4(12)5(13)3-7(6)19-9/h2-3,8-9H,1H3,(H,14,15). The Kier molecular flexibility index (Phi) is 3.73. The molecule has 0 bridgehead atoms. The predicted molar refractivity (Wildman–Crippen MR) is 64.9 cm³/mol. The SMILES string of the molecule is COC(=O)C1Oc2cc(Cl)c(Cl)cc2OC1C(=O)O. The van der Waals surface area contributed by atoms with E-state index in [4.69, 9.17) is 37.8 Å². The van der Waals surface area contributed by atoms with E-state index in [0.717, 1.165) is 7.11 Å². The van der Waals surface area contributed by atoms with Crippen LogP contribution in [0.3, 0.4) is 0 Å². The lowest BCUT2D eigenvalue weighted by Crippen LogP contribution is -2.50. The fourth-order valence-electron chi connectivity index (χ4n) is 1.56. The molecule has 0 spiro atoms. The maximum Gasteiger partial charge on any atom is 0.351 e. The molecule has 1 aromatic rings. The van der Waals surface area contributed by atoms with E-state index in [1.807, 2.05) is 0 Å². The maximum atomic E-state index is 11.5. The number of hydrogen-bond acceptors (Lipinski definition) is 5. The van der Waals surface area contributed by atoms with Crippen molar-refractivity contribution >= 4 is 35.1 Å². The van der Waals surface area contributed by atoms with Crippen molar-refractivity contribution in [3.05, 3.63) is 22.2 Å². The Morgan fingerprint density at radius 2 is 1.63 bits per heavy atom. The molecule has 1 heterocycles. The predicted octanol–water partition coefficient (Wildman–Crippen LogP) is 1.76. The van der Waals surface area contributed by atoms with Crippen LogP contribution in [0.4, 0.5) is 0 Å². The molecule has 0 saturated carbocycles. The van der Waals surface area contributed by atoms with E-state index in [1.165, 1.54) is 12.1 Å². The second kappa shape index (κ2) is 5.14. The van der Waals surface area contributed by atoms with Crippen LogP contribution in [-0.2, 0) is 14.3 Å². The van der Waals surface area contributed by atoms with Gasteiger partial charge in [0.2, 0.25) is 12.2 Å². The average molecular weight is 307 g/mol. The lowest BCUT2D eigenvalue weighted by atomic mass is 10.1. The normalized spacial score (nSPS) is 20.8. The van der Waals surface area contributed by atoms with Gasteiger partial charge >= 0.3 is 11.9 Å².